The zero-order chi connectivity index (χ0) is 16.0. The third-order valence-corrected chi connectivity index (χ3v) is 5.31. The zero-order valence-electron chi connectivity index (χ0n) is 15.7. The number of hydrogen-bond donors (Lipinski definition) is 1. The molecule has 1 rings (SSSR count). The monoisotopic (exact) mass is 296 g/mol. The van der Waals surface area contributed by atoms with E-state index >= 15 is 0 Å². The predicted octanol–water partition coefficient (Wildman–Crippen LogP) is 4.55. The molecule has 1 heterocycles. The van der Waals surface area contributed by atoms with Crippen LogP contribution in [0.25, 0.3) is 0 Å². The smallest absolute Gasteiger partial charge is 0.0244 e. The van der Waals surface area contributed by atoms with Gasteiger partial charge in [0, 0.05) is 31.7 Å². The average Bonchev–Trinajstić information content (AvgIpc) is 2.41. The van der Waals surface area contributed by atoms with Crippen molar-refractivity contribution in [1.29, 1.82) is 0 Å². The largest absolute Gasteiger partial charge is 0.311 e. The maximum atomic E-state index is 3.81. The molecule has 0 aliphatic carbocycles. The molecule has 21 heavy (non-hydrogen) atoms. The Morgan fingerprint density at radius 1 is 1.19 bits per heavy atom. The van der Waals surface area contributed by atoms with Gasteiger partial charge in [-0.25, -0.2) is 0 Å². The van der Waals surface area contributed by atoms with Gasteiger partial charge in [0.25, 0.3) is 0 Å². The lowest BCUT2D eigenvalue weighted by Crippen LogP contribution is -2.62. The van der Waals surface area contributed by atoms with Gasteiger partial charge in [0.05, 0.1) is 0 Å². The third-order valence-electron chi connectivity index (χ3n) is 5.31. The number of piperazine rings is 1. The first kappa shape index (κ1) is 19.0. The minimum atomic E-state index is 0.353. The highest BCUT2D eigenvalue weighted by molar-refractivity contribution is 4.93. The number of unbranched alkanes of at least 4 members (excludes halogenated alkanes) is 1. The summed E-state index contributed by atoms with van der Waals surface area (Å²) in [6.45, 7) is 20.2. The Morgan fingerprint density at radius 3 is 2.33 bits per heavy atom. The van der Waals surface area contributed by atoms with Crippen molar-refractivity contribution < 1.29 is 0 Å². The molecule has 1 aliphatic rings. The van der Waals surface area contributed by atoms with Crippen LogP contribution in [0.5, 0.6) is 0 Å². The van der Waals surface area contributed by atoms with Gasteiger partial charge in [-0.15, -0.1) is 0 Å². The number of nitrogens with zero attached hydrogens (tertiary/aromatic N) is 1. The molecule has 0 spiro atoms. The fraction of sp³-hybridized carbons (Fsp3) is 1.00. The standard InChI is InChI=1S/C19H40N2/c1-8-10-11-16(9-2)13-21-14-18(19(5,6)7)20-12-17(21)15(3)4/h15-18,20H,8-14H2,1-7H3. The molecule has 0 radical (unpaired) electrons. The van der Waals surface area contributed by atoms with Crippen molar-refractivity contribution in [3.8, 4) is 0 Å². The van der Waals surface area contributed by atoms with Crippen LogP contribution in [0.4, 0.5) is 0 Å². The summed E-state index contributed by atoms with van der Waals surface area (Å²) in [4.78, 5) is 2.81. The first-order valence-electron chi connectivity index (χ1n) is 9.27. The lowest BCUT2D eigenvalue weighted by atomic mass is 9.83. The maximum Gasteiger partial charge on any atom is 0.0244 e. The highest BCUT2D eigenvalue weighted by Gasteiger charge is 2.35. The van der Waals surface area contributed by atoms with E-state index in [0.717, 1.165) is 18.4 Å². The van der Waals surface area contributed by atoms with E-state index in [2.05, 4.69) is 58.7 Å². The van der Waals surface area contributed by atoms with Crippen LogP contribution in [0.3, 0.4) is 0 Å². The molecule has 0 aromatic carbocycles. The molecule has 2 nitrogen and oxygen atoms in total. The van der Waals surface area contributed by atoms with Crippen LogP contribution in [-0.4, -0.2) is 36.6 Å². The van der Waals surface area contributed by atoms with Gasteiger partial charge in [-0.05, 0) is 23.7 Å². The van der Waals surface area contributed by atoms with E-state index in [1.165, 1.54) is 38.8 Å². The minimum absolute atomic E-state index is 0.353. The van der Waals surface area contributed by atoms with Crippen molar-refractivity contribution in [2.24, 2.45) is 17.3 Å². The fourth-order valence-corrected chi connectivity index (χ4v) is 3.52. The maximum absolute atomic E-state index is 3.81. The molecule has 0 saturated carbocycles. The minimum Gasteiger partial charge on any atom is -0.311 e. The fourth-order valence-electron chi connectivity index (χ4n) is 3.52. The molecule has 3 atom stereocenters. The molecule has 0 aromatic rings. The molecule has 1 aliphatic heterocycles. The van der Waals surface area contributed by atoms with Crippen LogP contribution in [0.15, 0.2) is 0 Å². The van der Waals surface area contributed by atoms with Crippen LogP contribution < -0.4 is 5.32 Å². The van der Waals surface area contributed by atoms with Gasteiger partial charge in [0.1, 0.15) is 0 Å². The average molecular weight is 297 g/mol. The van der Waals surface area contributed by atoms with Crippen molar-refractivity contribution in [1.82, 2.24) is 10.2 Å². The van der Waals surface area contributed by atoms with E-state index in [1.807, 2.05) is 0 Å². The Bertz CT molecular complexity index is 280. The van der Waals surface area contributed by atoms with Crippen LogP contribution >= 0.6 is 0 Å². The molecule has 2 heteroatoms. The summed E-state index contributed by atoms with van der Waals surface area (Å²) in [5, 5.41) is 3.81. The van der Waals surface area contributed by atoms with Gasteiger partial charge >= 0.3 is 0 Å². The molecule has 126 valence electrons. The molecule has 1 saturated heterocycles. The number of rotatable bonds is 7. The number of nitrogens with one attached hydrogen (secondary N) is 1. The molecule has 0 aromatic heterocycles. The van der Waals surface area contributed by atoms with E-state index in [1.54, 1.807) is 0 Å². The van der Waals surface area contributed by atoms with Gasteiger partial charge in [-0.2, -0.15) is 0 Å². The molecule has 1 N–H and O–H groups in total. The van der Waals surface area contributed by atoms with Crippen molar-refractivity contribution in [2.75, 3.05) is 19.6 Å². The van der Waals surface area contributed by atoms with E-state index in [0.29, 0.717) is 17.5 Å². The summed E-state index contributed by atoms with van der Waals surface area (Å²) in [6.07, 6.45) is 5.45. The summed E-state index contributed by atoms with van der Waals surface area (Å²) >= 11 is 0. The van der Waals surface area contributed by atoms with E-state index < -0.39 is 0 Å². The third kappa shape index (κ3) is 5.90. The van der Waals surface area contributed by atoms with Gasteiger partial charge in [-0.1, -0.05) is 67.7 Å². The highest BCUT2D eigenvalue weighted by Crippen LogP contribution is 2.27. The quantitative estimate of drug-likeness (QED) is 0.741. The molecular weight excluding hydrogens is 256 g/mol. The zero-order valence-corrected chi connectivity index (χ0v) is 15.7. The molecule has 0 bridgehead atoms. The Balaban J connectivity index is 2.70. The topological polar surface area (TPSA) is 15.3 Å². The van der Waals surface area contributed by atoms with Crippen LogP contribution in [0.1, 0.15) is 74.1 Å². The van der Waals surface area contributed by atoms with Gasteiger partial charge in [0.15, 0.2) is 0 Å². The molecule has 0 amide bonds. The summed E-state index contributed by atoms with van der Waals surface area (Å²) in [5.41, 5.74) is 0.353. The van der Waals surface area contributed by atoms with Gasteiger partial charge in [-0.3, -0.25) is 4.90 Å². The predicted molar refractivity (Wildman–Crippen MR) is 94.8 cm³/mol. The van der Waals surface area contributed by atoms with Crippen molar-refractivity contribution in [3.63, 3.8) is 0 Å². The van der Waals surface area contributed by atoms with Crippen molar-refractivity contribution in [3.05, 3.63) is 0 Å². The lowest BCUT2D eigenvalue weighted by Gasteiger charge is -2.47. The van der Waals surface area contributed by atoms with E-state index in [9.17, 15) is 0 Å². The number of hydrogen-bond acceptors (Lipinski definition) is 2. The molecule has 1 fully saturated rings. The summed E-state index contributed by atoms with van der Waals surface area (Å²) in [5.74, 6) is 1.62. The Hall–Kier alpha value is -0.0800. The van der Waals surface area contributed by atoms with Crippen LogP contribution in [0.2, 0.25) is 0 Å². The van der Waals surface area contributed by atoms with E-state index in [4.69, 9.17) is 0 Å². The summed E-state index contributed by atoms with van der Waals surface area (Å²) in [7, 11) is 0. The molecular formula is C19H40N2. The highest BCUT2D eigenvalue weighted by atomic mass is 15.2. The SMILES string of the molecule is CCCCC(CC)CN1CC(C(C)(C)C)NCC1C(C)C. The van der Waals surface area contributed by atoms with Gasteiger partial charge in [0.2, 0.25) is 0 Å². The van der Waals surface area contributed by atoms with Crippen molar-refractivity contribution in [2.45, 2.75) is 86.2 Å². The van der Waals surface area contributed by atoms with E-state index in [-0.39, 0.29) is 0 Å². The molecule has 3 unspecified atom stereocenters. The summed E-state index contributed by atoms with van der Waals surface area (Å²) < 4.78 is 0. The Morgan fingerprint density at radius 2 is 1.86 bits per heavy atom. The van der Waals surface area contributed by atoms with Gasteiger partial charge < -0.3 is 5.32 Å². The summed E-state index contributed by atoms with van der Waals surface area (Å²) in [6, 6.07) is 1.33. The van der Waals surface area contributed by atoms with Crippen LogP contribution in [0, 0.1) is 17.3 Å². The second-order valence-corrected chi connectivity index (χ2v) is 8.51. The first-order valence-corrected chi connectivity index (χ1v) is 9.27. The normalized spacial score (nSPS) is 26.3. The first-order chi connectivity index (χ1) is 9.79. The lowest BCUT2D eigenvalue weighted by molar-refractivity contribution is 0.0487. The Kier molecular flexibility index (Phi) is 7.70. The second-order valence-electron chi connectivity index (χ2n) is 8.51. The Labute approximate surface area is 134 Å². The van der Waals surface area contributed by atoms with Crippen LogP contribution in [-0.2, 0) is 0 Å². The van der Waals surface area contributed by atoms with Crippen molar-refractivity contribution >= 4 is 0 Å². The second kappa shape index (κ2) is 8.53.